The number of ketones is 1. The summed E-state index contributed by atoms with van der Waals surface area (Å²) in [5, 5.41) is 12.7. The van der Waals surface area contributed by atoms with Crippen LogP contribution in [0.1, 0.15) is 72.9 Å². The van der Waals surface area contributed by atoms with Crippen molar-refractivity contribution >= 4 is 28.7 Å². The molecule has 1 amide bonds. The van der Waals surface area contributed by atoms with Crippen molar-refractivity contribution in [1.82, 2.24) is 0 Å². The molecule has 1 aliphatic rings. The molecule has 170 valence electrons. The second kappa shape index (κ2) is 8.64. The molecule has 0 aliphatic carbocycles. The molecular formula is C28H29NO3S. The van der Waals surface area contributed by atoms with Crippen LogP contribution in [0.2, 0.25) is 0 Å². The Hall–Kier alpha value is -3.18. The van der Waals surface area contributed by atoms with Crippen molar-refractivity contribution in [2.24, 2.45) is 0 Å². The molecule has 4 rings (SSSR count). The number of carbonyl (C=O) groups is 2. The van der Waals surface area contributed by atoms with Gasteiger partial charge >= 0.3 is 0 Å². The molecule has 3 aromatic rings. The monoisotopic (exact) mass is 459 g/mol. The summed E-state index contributed by atoms with van der Waals surface area (Å²) in [7, 11) is 0. The van der Waals surface area contributed by atoms with Crippen molar-refractivity contribution in [3.63, 3.8) is 0 Å². The highest BCUT2D eigenvalue weighted by Crippen LogP contribution is 2.43. The lowest BCUT2D eigenvalue weighted by Crippen LogP contribution is -2.31. The number of aliphatic hydroxyl groups excluding tert-OH is 1. The van der Waals surface area contributed by atoms with Gasteiger partial charge in [0.2, 0.25) is 5.78 Å². The Morgan fingerprint density at radius 3 is 2.15 bits per heavy atom. The van der Waals surface area contributed by atoms with Crippen LogP contribution in [0.5, 0.6) is 0 Å². The first-order valence-corrected chi connectivity index (χ1v) is 12.0. The van der Waals surface area contributed by atoms with Crippen LogP contribution in [-0.2, 0) is 10.2 Å². The first-order chi connectivity index (χ1) is 15.6. The summed E-state index contributed by atoms with van der Waals surface area (Å²) < 4.78 is 0. The fourth-order valence-electron chi connectivity index (χ4n) is 4.14. The molecule has 1 aliphatic heterocycles. The van der Waals surface area contributed by atoms with Gasteiger partial charge in [-0.15, -0.1) is 11.3 Å². The molecule has 1 atom stereocenters. The quantitative estimate of drug-likeness (QED) is 0.420. The van der Waals surface area contributed by atoms with Crippen molar-refractivity contribution in [3.05, 3.63) is 98.9 Å². The molecule has 0 bridgehead atoms. The van der Waals surface area contributed by atoms with E-state index in [1.807, 2.05) is 53.9 Å². The predicted octanol–water partition coefficient (Wildman–Crippen LogP) is 6.95. The van der Waals surface area contributed by atoms with Gasteiger partial charge in [-0.05, 0) is 51.6 Å². The summed E-state index contributed by atoms with van der Waals surface area (Å²) in [5.41, 5.74) is 3.84. The average Bonchev–Trinajstić information content (AvgIpc) is 3.40. The molecule has 0 radical (unpaired) electrons. The number of hydrogen-bond donors (Lipinski definition) is 1. The Balaban J connectivity index is 1.84. The maximum absolute atomic E-state index is 13.4. The van der Waals surface area contributed by atoms with Crippen LogP contribution in [-0.4, -0.2) is 16.8 Å². The van der Waals surface area contributed by atoms with E-state index < -0.39 is 17.7 Å². The molecule has 1 unspecified atom stereocenters. The van der Waals surface area contributed by atoms with Crippen molar-refractivity contribution in [3.8, 4) is 0 Å². The minimum atomic E-state index is -0.703. The Labute approximate surface area is 199 Å². The van der Waals surface area contributed by atoms with Crippen LogP contribution in [0.15, 0.2) is 77.4 Å². The van der Waals surface area contributed by atoms with Crippen molar-refractivity contribution in [2.75, 3.05) is 4.90 Å². The van der Waals surface area contributed by atoms with Crippen LogP contribution >= 0.6 is 11.3 Å². The SMILES string of the molecule is CC(C)c1ccc(N2C(=O)C(O)=C(C(=O)c3cccs3)C2c2ccc(C(C)(C)C)cc2)cc1. The molecule has 2 heterocycles. The number of thiophene rings is 1. The topological polar surface area (TPSA) is 57.6 Å². The fraction of sp³-hybridized carbons (Fsp3) is 0.286. The van der Waals surface area contributed by atoms with Crippen LogP contribution in [0.4, 0.5) is 5.69 Å². The highest BCUT2D eigenvalue weighted by molar-refractivity contribution is 7.12. The van der Waals surface area contributed by atoms with Crippen molar-refractivity contribution < 1.29 is 14.7 Å². The normalized spacial score (nSPS) is 16.7. The van der Waals surface area contributed by atoms with Gasteiger partial charge in [0.25, 0.3) is 5.91 Å². The molecule has 2 aromatic carbocycles. The van der Waals surface area contributed by atoms with Gasteiger partial charge in [-0.3, -0.25) is 14.5 Å². The van der Waals surface area contributed by atoms with E-state index in [4.69, 9.17) is 0 Å². The summed E-state index contributed by atoms with van der Waals surface area (Å²) in [6, 6.07) is 18.5. The van der Waals surface area contributed by atoms with E-state index in [-0.39, 0.29) is 16.8 Å². The van der Waals surface area contributed by atoms with Gasteiger partial charge in [0, 0.05) is 5.69 Å². The molecule has 0 spiro atoms. The zero-order chi connectivity index (χ0) is 23.9. The smallest absolute Gasteiger partial charge is 0.294 e. The number of carbonyl (C=O) groups excluding carboxylic acids is 2. The van der Waals surface area contributed by atoms with Gasteiger partial charge < -0.3 is 5.11 Å². The first kappa shape index (κ1) is 23.0. The molecule has 0 fully saturated rings. The fourth-order valence-corrected chi connectivity index (χ4v) is 4.82. The van der Waals surface area contributed by atoms with Crippen LogP contribution in [0.25, 0.3) is 0 Å². The molecule has 0 saturated carbocycles. The summed E-state index contributed by atoms with van der Waals surface area (Å²) in [6.07, 6.45) is 0. The van der Waals surface area contributed by atoms with E-state index in [1.165, 1.54) is 16.2 Å². The number of aliphatic hydroxyl groups is 1. The van der Waals surface area contributed by atoms with E-state index in [9.17, 15) is 14.7 Å². The molecule has 1 N–H and O–H groups in total. The van der Waals surface area contributed by atoms with Gasteiger partial charge in [-0.25, -0.2) is 0 Å². The number of Topliss-reactive ketones (excluding diaryl/α,β-unsaturated/α-hetero) is 1. The second-order valence-corrected chi connectivity index (χ2v) is 10.7. The third kappa shape index (κ3) is 4.25. The highest BCUT2D eigenvalue weighted by Gasteiger charge is 2.44. The Morgan fingerprint density at radius 2 is 1.64 bits per heavy atom. The lowest BCUT2D eigenvalue weighted by Gasteiger charge is -2.28. The standard InChI is InChI=1S/C28H29NO3S/c1-17(2)18-10-14-21(15-11-18)29-24(19-8-12-20(13-9-19)28(3,4)5)23(26(31)27(29)32)25(30)22-7-6-16-33-22/h6-17,24,31H,1-5H3. The Bertz CT molecular complexity index is 1200. The van der Waals surface area contributed by atoms with Gasteiger partial charge in [0.15, 0.2) is 5.76 Å². The Kier molecular flexibility index (Phi) is 6.02. The third-order valence-corrected chi connectivity index (χ3v) is 7.00. The lowest BCUT2D eigenvalue weighted by atomic mass is 9.85. The average molecular weight is 460 g/mol. The lowest BCUT2D eigenvalue weighted by molar-refractivity contribution is -0.117. The van der Waals surface area contributed by atoms with E-state index in [2.05, 4.69) is 34.6 Å². The number of hydrogen-bond acceptors (Lipinski definition) is 4. The summed E-state index contributed by atoms with van der Waals surface area (Å²) in [5.74, 6) is -0.998. The number of rotatable bonds is 5. The van der Waals surface area contributed by atoms with E-state index in [0.717, 1.165) is 16.7 Å². The van der Waals surface area contributed by atoms with Crippen molar-refractivity contribution in [2.45, 2.75) is 52.0 Å². The van der Waals surface area contributed by atoms with Gasteiger partial charge in [0.05, 0.1) is 16.5 Å². The van der Waals surface area contributed by atoms with Gasteiger partial charge in [-0.2, -0.15) is 0 Å². The van der Waals surface area contributed by atoms with Gasteiger partial charge in [-0.1, -0.05) is 77.1 Å². The van der Waals surface area contributed by atoms with Gasteiger partial charge in [0.1, 0.15) is 0 Å². The van der Waals surface area contributed by atoms with Crippen LogP contribution in [0, 0.1) is 0 Å². The predicted molar refractivity (Wildman–Crippen MR) is 134 cm³/mol. The molecule has 4 nitrogen and oxygen atoms in total. The Morgan fingerprint density at radius 1 is 1.00 bits per heavy atom. The maximum atomic E-state index is 13.4. The maximum Gasteiger partial charge on any atom is 0.294 e. The number of nitrogens with zero attached hydrogens (tertiary/aromatic N) is 1. The molecular weight excluding hydrogens is 430 g/mol. The first-order valence-electron chi connectivity index (χ1n) is 11.1. The molecule has 5 heteroatoms. The van der Waals surface area contributed by atoms with Crippen LogP contribution in [0.3, 0.4) is 0 Å². The van der Waals surface area contributed by atoms with Crippen LogP contribution < -0.4 is 4.90 Å². The number of anilines is 1. The highest BCUT2D eigenvalue weighted by atomic mass is 32.1. The summed E-state index contributed by atoms with van der Waals surface area (Å²) in [4.78, 5) is 28.7. The molecule has 1 aromatic heterocycles. The molecule has 33 heavy (non-hydrogen) atoms. The third-order valence-electron chi connectivity index (χ3n) is 6.13. The zero-order valence-corrected chi connectivity index (χ0v) is 20.4. The van der Waals surface area contributed by atoms with E-state index >= 15 is 0 Å². The number of benzene rings is 2. The summed E-state index contributed by atoms with van der Waals surface area (Å²) >= 11 is 1.30. The number of amides is 1. The minimum Gasteiger partial charge on any atom is -0.503 e. The molecule has 0 saturated heterocycles. The minimum absolute atomic E-state index is 0.0238. The second-order valence-electron chi connectivity index (χ2n) is 9.76. The van der Waals surface area contributed by atoms with E-state index in [0.29, 0.717) is 16.5 Å². The van der Waals surface area contributed by atoms with Crippen molar-refractivity contribution in [1.29, 1.82) is 0 Å². The largest absolute Gasteiger partial charge is 0.503 e. The summed E-state index contributed by atoms with van der Waals surface area (Å²) in [6.45, 7) is 10.6. The zero-order valence-electron chi connectivity index (χ0n) is 19.6. The van der Waals surface area contributed by atoms with E-state index in [1.54, 1.807) is 12.1 Å².